The third-order valence-electron chi connectivity index (χ3n) is 6.61. The fourth-order valence-electron chi connectivity index (χ4n) is 4.13. The summed E-state index contributed by atoms with van der Waals surface area (Å²) >= 11 is 0. The molecular weight excluding hydrogens is 579 g/mol. The molecule has 8 nitrogen and oxygen atoms in total. The number of carbonyl (C=O) groups is 2. The minimum atomic E-state index is -4.75. The van der Waals surface area contributed by atoms with Gasteiger partial charge in [0.05, 0.1) is 6.61 Å². The lowest BCUT2D eigenvalue weighted by atomic mass is 10.1. The van der Waals surface area contributed by atoms with Gasteiger partial charge in [-0.25, -0.2) is 4.57 Å². The van der Waals surface area contributed by atoms with Crippen LogP contribution in [0, 0.1) is 0 Å². The highest BCUT2D eigenvalue weighted by molar-refractivity contribution is 7.46. The third-order valence-corrected chi connectivity index (χ3v) is 7.10. The van der Waals surface area contributed by atoms with Crippen molar-refractivity contribution in [3.8, 4) is 0 Å². The second kappa shape index (κ2) is 30.8. The van der Waals surface area contributed by atoms with Crippen molar-refractivity contribution >= 4 is 19.8 Å². The monoisotopic (exact) mass is 638 g/mol. The molecule has 0 spiro atoms. The molecule has 0 aromatic heterocycles. The van der Waals surface area contributed by atoms with E-state index in [1.54, 1.807) is 0 Å². The van der Waals surface area contributed by atoms with E-state index in [1.807, 2.05) is 36.5 Å². The minimum absolute atomic E-state index is 0.181. The van der Waals surface area contributed by atoms with Gasteiger partial charge >= 0.3 is 19.8 Å². The Morgan fingerprint density at radius 2 is 1.11 bits per heavy atom. The number of phosphoric acid groups is 1. The van der Waals surface area contributed by atoms with Crippen LogP contribution in [-0.4, -0.2) is 41.0 Å². The van der Waals surface area contributed by atoms with Crippen LogP contribution in [0.4, 0.5) is 0 Å². The molecule has 0 unspecified atom stereocenters. The first-order chi connectivity index (χ1) is 21.3. The maximum Gasteiger partial charge on any atom is 0.469 e. The standard InChI is InChI=1S/C35H59O8P/c1-3-5-7-9-11-13-15-16-17-18-20-22-24-26-28-30-35(37)43-33(32-42-44(38,39)40)31-41-34(36)29-27-25-23-21-19-14-12-10-8-6-4-2/h5,7,9-13,15-17,33H,3-4,6,8,14,18-32H2,1-2H3,(H2,38,39,40)/b7-5+,11-9+,12-10+,15-13+,17-16+/t33-/m1/s1. The van der Waals surface area contributed by atoms with Crippen molar-refractivity contribution in [1.82, 2.24) is 0 Å². The molecule has 0 fully saturated rings. The topological polar surface area (TPSA) is 119 Å². The van der Waals surface area contributed by atoms with Gasteiger partial charge in [-0.15, -0.1) is 0 Å². The van der Waals surface area contributed by atoms with Crippen LogP contribution >= 0.6 is 7.82 Å². The number of phosphoric ester groups is 1. The third kappa shape index (κ3) is 32.7. The van der Waals surface area contributed by atoms with E-state index in [-0.39, 0.29) is 19.4 Å². The van der Waals surface area contributed by atoms with Crippen LogP contribution < -0.4 is 0 Å². The van der Waals surface area contributed by atoms with Crippen LogP contribution in [-0.2, 0) is 28.2 Å². The first kappa shape index (κ1) is 41.8. The Bertz CT molecular complexity index is 900. The lowest BCUT2D eigenvalue weighted by Crippen LogP contribution is -2.29. The minimum Gasteiger partial charge on any atom is -0.462 e. The van der Waals surface area contributed by atoms with Crippen LogP contribution in [0.3, 0.4) is 0 Å². The van der Waals surface area contributed by atoms with Crippen molar-refractivity contribution < 1.29 is 37.9 Å². The van der Waals surface area contributed by atoms with Crippen LogP contribution in [0.2, 0.25) is 0 Å². The van der Waals surface area contributed by atoms with Crippen molar-refractivity contribution in [2.45, 2.75) is 136 Å². The van der Waals surface area contributed by atoms with E-state index >= 15 is 0 Å². The van der Waals surface area contributed by atoms with Crippen molar-refractivity contribution in [1.29, 1.82) is 0 Å². The quantitative estimate of drug-likeness (QED) is 0.0273. The van der Waals surface area contributed by atoms with Crippen LogP contribution in [0.25, 0.3) is 0 Å². The molecular formula is C35H59O8P. The number of unbranched alkanes of at least 4 members (excludes halogenated alkanes) is 12. The van der Waals surface area contributed by atoms with Gasteiger partial charge in [-0.2, -0.15) is 0 Å². The van der Waals surface area contributed by atoms with Crippen molar-refractivity contribution in [3.05, 3.63) is 60.8 Å². The molecule has 0 aromatic carbocycles. The Kier molecular flexibility index (Phi) is 29.2. The Balaban J connectivity index is 4.10. The van der Waals surface area contributed by atoms with E-state index in [2.05, 4.69) is 42.7 Å². The van der Waals surface area contributed by atoms with Gasteiger partial charge in [0, 0.05) is 12.8 Å². The molecule has 44 heavy (non-hydrogen) atoms. The van der Waals surface area contributed by atoms with Gasteiger partial charge in [-0.05, 0) is 51.4 Å². The zero-order valence-electron chi connectivity index (χ0n) is 27.3. The Morgan fingerprint density at radius 1 is 0.614 bits per heavy atom. The van der Waals surface area contributed by atoms with Crippen molar-refractivity contribution in [3.63, 3.8) is 0 Å². The highest BCUT2D eigenvalue weighted by Gasteiger charge is 2.22. The number of carbonyl (C=O) groups excluding carboxylic acids is 2. The summed E-state index contributed by atoms with van der Waals surface area (Å²) in [5, 5.41) is 0. The average Bonchev–Trinajstić information content (AvgIpc) is 2.98. The normalized spacial score (nSPS) is 13.3. The maximum atomic E-state index is 12.3. The van der Waals surface area contributed by atoms with Crippen LogP contribution in [0.15, 0.2) is 60.8 Å². The predicted octanol–water partition coefficient (Wildman–Crippen LogP) is 9.39. The molecule has 0 saturated heterocycles. The predicted molar refractivity (Wildman–Crippen MR) is 179 cm³/mol. The highest BCUT2D eigenvalue weighted by atomic mass is 31.2. The van der Waals surface area contributed by atoms with Gasteiger partial charge in [0.2, 0.25) is 0 Å². The smallest absolute Gasteiger partial charge is 0.462 e. The van der Waals surface area contributed by atoms with E-state index in [9.17, 15) is 14.2 Å². The van der Waals surface area contributed by atoms with E-state index in [4.69, 9.17) is 19.3 Å². The molecule has 2 N–H and O–H groups in total. The number of esters is 2. The maximum absolute atomic E-state index is 12.3. The van der Waals surface area contributed by atoms with Gasteiger partial charge in [-0.3, -0.25) is 14.1 Å². The van der Waals surface area contributed by atoms with Gasteiger partial charge < -0.3 is 19.3 Å². The van der Waals surface area contributed by atoms with E-state index in [0.717, 1.165) is 77.0 Å². The van der Waals surface area contributed by atoms with Crippen molar-refractivity contribution in [2.24, 2.45) is 0 Å². The molecule has 9 heteroatoms. The first-order valence-electron chi connectivity index (χ1n) is 16.6. The number of ether oxygens (including phenoxy) is 2. The Labute approximate surface area is 267 Å². The Morgan fingerprint density at radius 3 is 1.70 bits per heavy atom. The molecule has 0 radical (unpaired) electrons. The van der Waals surface area contributed by atoms with E-state index in [1.165, 1.54) is 12.8 Å². The number of hydrogen-bond donors (Lipinski definition) is 2. The summed E-state index contributed by atoms with van der Waals surface area (Å²) in [5.41, 5.74) is 0. The molecule has 0 bridgehead atoms. The SMILES string of the molecule is CC/C=C/C=C/C=C/C=C/CCCCCCCC(=O)O[C@H](COC(=O)CCCCCCC/C=C/CCCC)COP(=O)(O)O. The molecule has 0 aliphatic rings. The summed E-state index contributed by atoms with van der Waals surface area (Å²) < 4.78 is 26.2. The van der Waals surface area contributed by atoms with Gasteiger partial charge in [0.15, 0.2) is 6.10 Å². The molecule has 0 aromatic rings. The molecule has 0 heterocycles. The molecule has 0 aliphatic carbocycles. The summed E-state index contributed by atoms with van der Waals surface area (Å²) in [6, 6.07) is 0. The van der Waals surface area contributed by atoms with Gasteiger partial charge in [0.25, 0.3) is 0 Å². The number of allylic oxidation sites excluding steroid dienone is 10. The second-order valence-electron chi connectivity index (χ2n) is 10.8. The fourth-order valence-corrected chi connectivity index (χ4v) is 4.49. The van der Waals surface area contributed by atoms with Crippen LogP contribution in [0.1, 0.15) is 129 Å². The summed E-state index contributed by atoms with van der Waals surface area (Å²) in [6.07, 6.45) is 36.6. The molecule has 0 saturated carbocycles. The van der Waals surface area contributed by atoms with Crippen LogP contribution in [0.5, 0.6) is 0 Å². The fraction of sp³-hybridized carbons (Fsp3) is 0.657. The van der Waals surface area contributed by atoms with Gasteiger partial charge in [0.1, 0.15) is 6.61 Å². The lowest BCUT2D eigenvalue weighted by molar-refractivity contribution is -0.161. The molecule has 0 rings (SSSR count). The van der Waals surface area contributed by atoms with Crippen molar-refractivity contribution in [2.75, 3.05) is 13.2 Å². The summed E-state index contributed by atoms with van der Waals surface area (Å²) in [4.78, 5) is 42.5. The molecule has 0 amide bonds. The Hall–Kier alpha value is -2.25. The van der Waals surface area contributed by atoms with E-state index < -0.39 is 32.5 Å². The summed E-state index contributed by atoms with van der Waals surface area (Å²) in [5.74, 6) is -0.932. The molecule has 0 aliphatic heterocycles. The van der Waals surface area contributed by atoms with E-state index in [0.29, 0.717) is 12.8 Å². The number of rotatable bonds is 29. The molecule has 1 atom stereocenters. The summed E-state index contributed by atoms with van der Waals surface area (Å²) in [6.45, 7) is 3.44. The average molecular weight is 639 g/mol. The number of hydrogen-bond acceptors (Lipinski definition) is 6. The molecule has 252 valence electrons. The zero-order chi connectivity index (χ0) is 32.6. The largest absolute Gasteiger partial charge is 0.469 e. The lowest BCUT2D eigenvalue weighted by Gasteiger charge is -2.18. The summed E-state index contributed by atoms with van der Waals surface area (Å²) in [7, 11) is -4.75. The van der Waals surface area contributed by atoms with Gasteiger partial charge in [-0.1, -0.05) is 126 Å². The second-order valence-corrected chi connectivity index (χ2v) is 12.1. The first-order valence-corrected chi connectivity index (χ1v) is 18.2. The zero-order valence-corrected chi connectivity index (χ0v) is 28.2. The highest BCUT2D eigenvalue weighted by Crippen LogP contribution is 2.35.